The lowest BCUT2D eigenvalue weighted by atomic mass is 10.1. The van der Waals surface area contributed by atoms with Gasteiger partial charge in [0.05, 0.1) is 16.8 Å². The largest absolute Gasteiger partial charge is 0.229 e. The van der Waals surface area contributed by atoms with E-state index in [-0.39, 0.29) is 17.9 Å². The van der Waals surface area contributed by atoms with Crippen molar-refractivity contribution in [1.29, 1.82) is 0 Å². The van der Waals surface area contributed by atoms with Crippen molar-refractivity contribution in [1.82, 2.24) is 4.72 Å². The van der Waals surface area contributed by atoms with Gasteiger partial charge in [-0.25, -0.2) is 21.6 Å². The van der Waals surface area contributed by atoms with Crippen LogP contribution in [0.1, 0.15) is 27.2 Å². The van der Waals surface area contributed by atoms with Gasteiger partial charge in [0.1, 0.15) is 0 Å². The van der Waals surface area contributed by atoms with Crippen molar-refractivity contribution in [2.75, 3.05) is 11.5 Å². The van der Waals surface area contributed by atoms with Crippen LogP contribution in [-0.4, -0.2) is 39.1 Å². The molecule has 1 unspecified atom stereocenters. The monoisotopic (exact) mass is 255 g/mol. The van der Waals surface area contributed by atoms with E-state index in [0.29, 0.717) is 0 Å². The minimum Gasteiger partial charge on any atom is -0.229 e. The van der Waals surface area contributed by atoms with Gasteiger partial charge in [-0.2, -0.15) is 0 Å². The molecule has 5 nitrogen and oxygen atoms in total. The molecule has 0 spiro atoms. The number of hydrogen-bond acceptors (Lipinski definition) is 4. The quantitative estimate of drug-likeness (QED) is 0.746. The molecule has 0 radical (unpaired) electrons. The lowest BCUT2D eigenvalue weighted by Gasteiger charge is -2.22. The maximum absolute atomic E-state index is 11.8. The van der Waals surface area contributed by atoms with E-state index in [0.717, 1.165) is 0 Å². The smallest absolute Gasteiger partial charge is 0.215 e. The molecule has 0 aromatic carbocycles. The Hall–Kier alpha value is -0.140. The Morgan fingerprint density at radius 1 is 1.27 bits per heavy atom. The highest BCUT2D eigenvalue weighted by Crippen LogP contribution is 2.19. The summed E-state index contributed by atoms with van der Waals surface area (Å²) in [5, 5.41) is -0.790. The molecular formula is C8H17NO4S2. The van der Waals surface area contributed by atoms with E-state index in [2.05, 4.69) is 4.72 Å². The number of rotatable bonds is 2. The summed E-state index contributed by atoms with van der Waals surface area (Å²) in [5.41, 5.74) is -0.564. The third kappa shape index (κ3) is 3.73. The molecule has 90 valence electrons. The Balaban J connectivity index is 2.82. The normalized spacial score (nSPS) is 26.7. The van der Waals surface area contributed by atoms with Crippen molar-refractivity contribution >= 4 is 19.9 Å². The van der Waals surface area contributed by atoms with Crippen LogP contribution in [0.25, 0.3) is 0 Å². The zero-order valence-electron chi connectivity index (χ0n) is 9.15. The third-order valence-corrected chi connectivity index (χ3v) is 6.23. The van der Waals surface area contributed by atoms with Crippen LogP contribution in [0, 0.1) is 0 Å². The molecule has 15 heavy (non-hydrogen) atoms. The molecule has 0 aromatic heterocycles. The lowest BCUT2D eigenvalue weighted by Crippen LogP contribution is -2.45. The Morgan fingerprint density at radius 2 is 1.80 bits per heavy atom. The fourth-order valence-corrected chi connectivity index (χ4v) is 6.00. The van der Waals surface area contributed by atoms with Gasteiger partial charge >= 0.3 is 0 Å². The van der Waals surface area contributed by atoms with Gasteiger partial charge in [-0.1, -0.05) is 0 Å². The van der Waals surface area contributed by atoms with E-state index in [1.165, 1.54) is 0 Å². The maximum atomic E-state index is 11.8. The molecule has 0 bridgehead atoms. The second-order valence-corrected chi connectivity index (χ2v) is 9.11. The summed E-state index contributed by atoms with van der Waals surface area (Å²) in [6.07, 6.45) is 0.202. The van der Waals surface area contributed by atoms with Crippen LogP contribution in [0.15, 0.2) is 0 Å². The summed E-state index contributed by atoms with van der Waals surface area (Å²) >= 11 is 0. The molecule has 1 N–H and O–H groups in total. The van der Waals surface area contributed by atoms with Gasteiger partial charge in [0.2, 0.25) is 10.0 Å². The Kier molecular flexibility index (Phi) is 3.20. The first-order valence-corrected chi connectivity index (χ1v) is 8.12. The van der Waals surface area contributed by atoms with Crippen LogP contribution in [0.2, 0.25) is 0 Å². The van der Waals surface area contributed by atoms with E-state index >= 15 is 0 Å². The Morgan fingerprint density at radius 3 is 2.13 bits per heavy atom. The van der Waals surface area contributed by atoms with E-state index in [9.17, 15) is 16.8 Å². The van der Waals surface area contributed by atoms with Gasteiger partial charge in [0, 0.05) is 5.54 Å². The minimum absolute atomic E-state index is 0.0251. The molecular weight excluding hydrogens is 238 g/mol. The highest BCUT2D eigenvalue weighted by atomic mass is 32.2. The molecule has 1 atom stereocenters. The topological polar surface area (TPSA) is 80.3 Å². The molecule has 1 fully saturated rings. The average molecular weight is 255 g/mol. The van der Waals surface area contributed by atoms with Crippen LogP contribution in [0.3, 0.4) is 0 Å². The van der Waals surface area contributed by atoms with Crippen molar-refractivity contribution in [3.63, 3.8) is 0 Å². The molecule has 0 aromatic rings. The van der Waals surface area contributed by atoms with Crippen LogP contribution in [0.4, 0.5) is 0 Å². The molecule has 1 aliphatic rings. The lowest BCUT2D eigenvalue weighted by molar-refractivity contribution is 0.485. The van der Waals surface area contributed by atoms with Crippen LogP contribution >= 0.6 is 0 Å². The summed E-state index contributed by atoms with van der Waals surface area (Å²) in [4.78, 5) is 0. The molecule has 1 heterocycles. The number of hydrogen-bond donors (Lipinski definition) is 1. The van der Waals surface area contributed by atoms with Crippen molar-refractivity contribution in [3.8, 4) is 0 Å². The van der Waals surface area contributed by atoms with Crippen LogP contribution in [0.5, 0.6) is 0 Å². The van der Waals surface area contributed by atoms with Crippen molar-refractivity contribution < 1.29 is 16.8 Å². The number of sulfonamides is 1. The zero-order chi connectivity index (χ0) is 11.9. The molecule has 1 rings (SSSR count). The molecule has 0 aliphatic carbocycles. The van der Waals surface area contributed by atoms with Gasteiger partial charge in [-0.15, -0.1) is 0 Å². The number of nitrogens with one attached hydrogen (secondary N) is 1. The van der Waals surface area contributed by atoms with E-state index in [1.807, 2.05) is 0 Å². The van der Waals surface area contributed by atoms with E-state index in [4.69, 9.17) is 0 Å². The summed E-state index contributed by atoms with van der Waals surface area (Å²) in [7, 11) is -6.67. The Labute approximate surface area is 91.2 Å². The second kappa shape index (κ2) is 3.71. The fourth-order valence-electron chi connectivity index (χ4n) is 1.52. The average Bonchev–Trinajstić information content (AvgIpc) is 2.25. The van der Waals surface area contributed by atoms with Crippen LogP contribution in [-0.2, 0) is 19.9 Å². The molecule has 7 heteroatoms. The first kappa shape index (κ1) is 12.9. The Bertz CT molecular complexity index is 430. The summed E-state index contributed by atoms with van der Waals surface area (Å²) in [6, 6.07) is 0. The van der Waals surface area contributed by atoms with Gasteiger partial charge in [0.25, 0.3) is 0 Å². The van der Waals surface area contributed by atoms with Crippen molar-refractivity contribution in [2.24, 2.45) is 0 Å². The fraction of sp³-hybridized carbons (Fsp3) is 1.00. The predicted octanol–water partition coefficient (Wildman–Crippen LogP) is -0.109. The molecule has 1 saturated heterocycles. The minimum atomic E-state index is -3.52. The number of sulfone groups is 1. The highest BCUT2D eigenvalue weighted by Gasteiger charge is 2.38. The van der Waals surface area contributed by atoms with Gasteiger partial charge in [-0.3, -0.25) is 0 Å². The summed E-state index contributed by atoms with van der Waals surface area (Å²) in [6.45, 7) is 5.19. The second-order valence-electron chi connectivity index (χ2n) is 4.92. The maximum Gasteiger partial charge on any atom is 0.215 e. The van der Waals surface area contributed by atoms with E-state index < -0.39 is 30.6 Å². The third-order valence-electron chi connectivity index (χ3n) is 2.08. The molecule has 0 saturated carbocycles. The highest BCUT2D eigenvalue weighted by molar-refractivity contribution is 7.95. The zero-order valence-corrected chi connectivity index (χ0v) is 10.8. The summed E-state index contributed by atoms with van der Waals surface area (Å²) < 4.78 is 48.3. The molecule has 1 aliphatic heterocycles. The predicted molar refractivity (Wildman–Crippen MR) is 58.9 cm³/mol. The SMILES string of the molecule is CC(C)(C)NS(=O)(=O)C1CCS(=O)(=O)C1. The van der Waals surface area contributed by atoms with Gasteiger partial charge in [-0.05, 0) is 27.2 Å². The first-order valence-electron chi connectivity index (χ1n) is 4.75. The molecule has 0 amide bonds. The van der Waals surface area contributed by atoms with Gasteiger partial charge in [0.15, 0.2) is 9.84 Å². The van der Waals surface area contributed by atoms with Crippen molar-refractivity contribution in [2.45, 2.75) is 38.0 Å². The summed E-state index contributed by atoms with van der Waals surface area (Å²) in [5.74, 6) is -0.277. The first-order chi connectivity index (χ1) is 6.52. The van der Waals surface area contributed by atoms with Crippen LogP contribution < -0.4 is 4.72 Å². The van der Waals surface area contributed by atoms with E-state index in [1.54, 1.807) is 20.8 Å². The van der Waals surface area contributed by atoms with Crippen molar-refractivity contribution in [3.05, 3.63) is 0 Å². The standard InChI is InChI=1S/C8H17NO4S2/c1-8(2,3)9-15(12,13)7-4-5-14(10,11)6-7/h7,9H,4-6H2,1-3H3. The van der Waals surface area contributed by atoms with Gasteiger partial charge < -0.3 is 0 Å².